The van der Waals surface area contributed by atoms with Crippen molar-refractivity contribution in [2.45, 2.75) is 19.5 Å². The van der Waals surface area contributed by atoms with Gasteiger partial charge in [-0.25, -0.2) is 9.50 Å². The van der Waals surface area contributed by atoms with Crippen LogP contribution in [0.5, 0.6) is 0 Å². The van der Waals surface area contributed by atoms with Crippen molar-refractivity contribution in [2.24, 2.45) is 5.73 Å². The largest absolute Gasteiger partial charge is 0.390 e. The monoisotopic (exact) mass is 455 g/mol. The number of imidazole rings is 1. The highest BCUT2D eigenvalue weighted by molar-refractivity contribution is 5.95. The summed E-state index contributed by atoms with van der Waals surface area (Å²) in [5.41, 5.74) is 9.20. The number of aryl methyl sites for hydroxylation is 1. The van der Waals surface area contributed by atoms with E-state index in [1.54, 1.807) is 61.9 Å². The third-order valence-electron chi connectivity index (χ3n) is 4.91. The predicted octanol–water partition coefficient (Wildman–Crippen LogP) is 4.31. The van der Waals surface area contributed by atoms with Gasteiger partial charge in [-0.05, 0) is 36.8 Å². The van der Waals surface area contributed by atoms with E-state index in [-0.39, 0.29) is 6.54 Å². The number of pyridine rings is 1. The second-order valence-corrected chi connectivity index (χ2v) is 7.37. The molecule has 0 saturated carbocycles. The maximum absolute atomic E-state index is 12.7. The van der Waals surface area contributed by atoms with Crippen LogP contribution in [0.15, 0.2) is 55.0 Å². The summed E-state index contributed by atoms with van der Waals surface area (Å²) in [5.74, 6) is -0.149. The maximum Gasteiger partial charge on any atom is 0.390 e. The number of halogens is 3. The van der Waals surface area contributed by atoms with Gasteiger partial charge in [0.2, 0.25) is 5.91 Å². The molecule has 1 amide bonds. The molecule has 4 rings (SSSR count). The average molecular weight is 455 g/mol. The van der Waals surface area contributed by atoms with Crippen LogP contribution in [0.1, 0.15) is 22.3 Å². The van der Waals surface area contributed by atoms with Crippen LogP contribution < -0.4 is 16.4 Å². The summed E-state index contributed by atoms with van der Waals surface area (Å²) in [6.07, 6.45) is -0.479. The lowest BCUT2D eigenvalue weighted by Crippen LogP contribution is -2.15. The van der Waals surface area contributed by atoms with Gasteiger partial charge in [-0.3, -0.25) is 9.78 Å². The number of alkyl halides is 3. The summed E-state index contributed by atoms with van der Waals surface area (Å²) in [5, 5.41) is 10.5. The Kier molecular flexibility index (Phi) is 5.86. The van der Waals surface area contributed by atoms with Gasteiger partial charge in [0.25, 0.3) is 0 Å². The van der Waals surface area contributed by atoms with Crippen molar-refractivity contribution in [1.82, 2.24) is 19.6 Å². The van der Waals surface area contributed by atoms with Crippen LogP contribution in [0, 0.1) is 6.92 Å². The molecule has 1 aromatic carbocycles. The van der Waals surface area contributed by atoms with E-state index in [1.807, 2.05) is 0 Å². The Morgan fingerprint density at radius 1 is 1.18 bits per heavy atom. The number of aromatic nitrogens is 4. The van der Waals surface area contributed by atoms with Crippen LogP contribution in [-0.2, 0) is 0 Å². The van der Waals surface area contributed by atoms with Crippen molar-refractivity contribution in [3.63, 3.8) is 0 Å². The minimum atomic E-state index is -4.28. The smallest absolute Gasteiger partial charge is 0.382 e. The molecular weight excluding hydrogens is 435 g/mol. The molecule has 0 atom stereocenters. The zero-order valence-corrected chi connectivity index (χ0v) is 17.5. The normalized spacial score (nSPS) is 11.5. The first-order chi connectivity index (χ1) is 15.7. The molecule has 0 radical (unpaired) electrons. The number of fused-ring (bicyclic) bond motifs is 1. The number of rotatable bonds is 7. The molecule has 0 aliphatic carbocycles. The lowest BCUT2D eigenvalue weighted by atomic mass is 10.0. The number of carbonyl (C=O) groups excluding carboxylic acids is 1. The summed E-state index contributed by atoms with van der Waals surface area (Å²) in [7, 11) is 0. The van der Waals surface area contributed by atoms with E-state index in [1.165, 1.54) is 4.52 Å². The Morgan fingerprint density at radius 3 is 2.67 bits per heavy atom. The Bertz CT molecular complexity index is 1300. The number of benzene rings is 1. The highest BCUT2D eigenvalue weighted by Gasteiger charge is 2.26. The van der Waals surface area contributed by atoms with Gasteiger partial charge in [0.05, 0.1) is 35.9 Å². The van der Waals surface area contributed by atoms with Crippen LogP contribution in [0.2, 0.25) is 0 Å². The molecule has 8 nitrogen and oxygen atoms in total. The van der Waals surface area contributed by atoms with Crippen molar-refractivity contribution in [2.75, 3.05) is 17.2 Å². The summed E-state index contributed by atoms with van der Waals surface area (Å²) >= 11 is 0. The van der Waals surface area contributed by atoms with Crippen molar-refractivity contribution in [3.8, 4) is 11.3 Å². The molecular formula is C22H20F3N7O. The first kappa shape index (κ1) is 22.1. The molecule has 33 heavy (non-hydrogen) atoms. The molecule has 0 spiro atoms. The molecule has 170 valence electrons. The van der Waals surface area contributed by atoms with E-state index in [2.05, 4.69) is 25.7 Å². The van der Waals surface area contributed by atoms with Crippen LogP contribution in [0.4, 0.5) is 30.4 Å². The first-order valence-electron chi connectivity index (χ1n) is 9.98. The molecule has 3 aromatic heterocycles. The fraction of sp³-hybridized carbons (Fsp3) is 0.182. The number of nitrogens with zero attached hydrogens (tertiary/aromatic N) is 4. The molecule has 4 N–H and O–H groups in total. The second kappa shape index (κ2) is 8.77. The number of hydrogen-bond donors (Lipinski definition) is 3. The summed E-state index contributed by atoms with van der Waals surface area (Å²) in [4.78, 5) is 20.0. The zero-order valence-electron chi connectivity index (χ0n) is 17.5. The van der Waals surface area contributed by atoms with Crippen molar-refractivity contribution < 1.29 is 18.0 Å². The van der Waals surface area contributed by atoms with Gasteiger partial charge >= 0.3 is 6.18 Å². The van der Waals surface area contributed by atoms with Gasteiger partial charge in [-0.15, -0.1) is 5.10 Å². The lowest BCUT2D eigenvalue weighted by Gasteiger charge is -2.13. The molecule has 11 heteroatoms. The number of nitrogens with two attached hydrogens (primary N) is 1. The number of anilines is 3. The molecule has 0 unspecified atom stereocenters. The zero-order chi connectivity index (χ0) is 23.6. The highest BCUT2D eigenvalue weighted by atomic mass is 19.4. The van der Waals surface area contributed by atoms with Crippen molar-refractivity contribution >= 4 is 28.7 Å². The van der Waals surface area contributed by atoms with E-state index in [0.717, 1.165) is 5.56 Å². The number of primary amides is 1. The van der Waals surface area contributed by atoms with Crippen molar-refractivity contribution in [3.05, 3.63) is 66.1 Å². The summed E-state index contributed by atoms with van der Waals surface area (Å²) in [6, 6.07) is 10.2. The minimum Gasteiger partial charge on any atom is -0.382 e. The van der Waals surface area contributed by atoms with E-state index >= 15 is 0 Å². The number of amides is 1. The Labute approximate surface area is 186 Å². The van der Waals surface area contributed by atoms with Gasteiger partial charge in [-0.2, -0.15) is 13.2 Å². The summed E-state index contributed by atoms with van der Waals surface area (Å²) < 4.78 is 39.5. The standard InChI is InChI=1S/C22H20F3N7O/c1-13-9-14(4-5-16(13)20(26)33)18-12-29-21-17(28-8-6-22(23,24)25)10-19(31-32(18)21)30-15-3-2-7-27-11-15/h2-5,7,9-12,28H,6,8H2,1H3,(H2,26,33)(H,30,31). The van der Waals surface area contributed by atoms with E-state index in [0.29, 0.717) is 39.7 Å². The third-order valence-corrected chi connectivity index (χ3v) is 4.91. The Morgan fingerprint density at radius 2 is 2.00 bits per heavy atom. The van der Waals surface area contributed by atoms with Crippen LogP contribution in [0.3, 0.4) is 0 Å². The number of nitrogens with one attached hydrogen (secondary N) is 2. The van der Waals surface area contributed by atoms with Crippen LogP contribution in [0.25, 0.3) is 16.9 Å². The van der Waals surface area contributed by atoms with E-state index in [9.17, 15) is 18.0 Å². The molecule has 0 saturated heterocycles. The topological polar surface area (TPSA) is 110 Å². The molecule has 0 aliphatic rings. The van der Waals surface area contributed by atoms with Crippen LogP contribution >= 0.6 is 0 Å². The lowest BCUT2D eigenvalue weighted by molar-refractivity contribution is -0.131. The number of carbonyl (C=O) groups is 1. The first-order valence-corrected chi connectivity index (χ1v) is 9.98. The van der Waals surface area contributed by atoms with Gasteiger partial charge in [-0.1, -0.05) is 6.07 Å². The SMILES string of the molecule is Cc1cc(-c2cnc3c(NCCC(F)(F)F)cc(Nc4cccnc4)nn23)ccc1C(N)=O. The predicted molar refractivity (Wildman–Crippen MR) is 118 cm³/mol. The quantitative estimate of drug-likeness (QED) is 0.383. The summed E-state index contributed by atoms with van der Waals surface area (Å²) in [6.45, 7) is 1.45. The van der Waals surface area contributed by atoms with E-state index in [4.69, 9.17) is 5.73 Å². The minimum absolute atomic E-state index is 0.315. The van der Waals surface area contributed by atoms with Crippen LogP contribution in [-0.4, -0.2) is 38.2 Å². The van der Waals surface area contributed by atoms with Gasteiger partial charge in [0.15, 0.2) is 11.5 Å². The average Bonchev–Trinajstić information content (AvgIpc) is 3.17. The Hall–Kier alpha value is -4.15. The third kappa shape index (κ3) is 5.03. The maximum atomic E-state index is 12.7. The Balaban J connectivity index is 1.77. The highest BCUT2D eigenvalue weighted by Crippen LogP contribution is 2.29. The van der Waals surface area contributed by atoms with Gasteiger partial charge < -0.3 is 16.4 Å². The second-order valence-electron chi connectivity index (χ2n) is 7.37. The molecule has 4 aromatic rings. The van der Waals surface area contributed by atoms with Gasteiger partial charge in [0.1, 0.15) is 0 Å². The van der Waals surface area contributed by atoms with E-state index < -0.39 is 18.5 Å². The molecule has 0 fully saturated rings. The van der Waals surface area contributed by atoms with Gasteiger partial charge in [0, 0.05) is 29.9 Å². The number of hydrogen-bond acceptors (Lipinski definition) is 6. The fourth-order valence-corrected chi connectivity index (χ4v) is 3.38. The molecule has 0 bridgehead atoms. The molecule has 3 heterocycles. The van der Waals surface area contributed by atoms with Crippen molar-refractivity contribution in [1.29, 1.82) is 0 Å². The fourth-order valence-electron chi connectivity index (χ4n) is 3.38. The molecule has 0 aliphatic heterocycles.